The first-order valence-corrected chi connectivity index (χ1v) is 11.0. The Hall–Kier alpha value is -0.960. The maximum Gasteiger partial charge on any atom is 0.145 e. The van der Waals surface area contributed by atoms with E-state index in [9.17, 15) is 4.79 Å². The number of Topliss-reactive ketones (excluding diaryl/α,β-unsaturated/α-hetero) is 1. The average molecular weight is 414 g/mol. The summed E-state index contributed by atoms with van der Waals surface area (Å²) in [4.78, 5) is 18.6. The number of carbonyl (C=O) groups is 1. The lowest BCUT2D eigenvalue weighted by Gasteiger charge is -2.56. The predicted octanol–water partition coefficient (Wildman–Crippen LogP) is 5.75. The van der Waals surface area contributed by atoms with Crippen molar-refractivity contribution >= 4 is 27.4 Å². The van der Waals surface area contributed by atoms with E-state index in [4.69, 9.17) is 4.99 Å². The highest BCUT2D eigenvalue weighted by Gasteiger charge is 2.54. The highest BCUT2D eigenvalue weighted by Crippen LogP contribution is 2.60. The van der Waals surface area contributed by atoms with Gasteiger partial charge in [-0.25, -0.2) is 0 Å². The van der Waals surface area contributed by atoms with Crippen molar-refractivity contribution in [2.75, 3.05) is 0 Å². The molecule has 0 atom stereocenters. The fourth-order valence-corrected chi connectivity index (χ4v) is 7.26. The van der Waals surface area contributed by atoms with E-state index in [0.29, 0.717) is 12.2 Å². The summed E-state index contributed by atoms with van der Waals surface area (Å²) in [6.45, 7) is 4.37. The Morgan fingerprint density at radius 2 is 1.73 bits per heavy atom. The molecule has 0 spiro atoms. The summed E-state index contributed by atoms with van der Waals surface area (Å²) in [7, 11) is 0. The standard InChI is InChI=1S/C23H28BrNO/c1-22(2)13-17-8-18(24)3-4-19(17)20(25-22)9-21(26)23-10-14-5-15(11-23)7-16(6-14)12-23/h3-4,8,14-16H,5-7,9-13H2,1-2H3. The van der Waals surface area contributed by atoms with Crippen LogP contribution >= 0.6 is 15.9 Å². The minimum Gasteiger partial charge on any atom is -0.299 e. The third-order valence-electron chi connectivity index (χ3n) is 7.40. The number of halogens is 1. The van der Waals surface area contributed by atoms with Crippen molar-refractivity contribution in [3.63, 3.8) is 0 Å². The zero-order valence-electron chi connectivity index (χ0n) is 15.9. The van der Waals surface area contributed by atoms with Gasteiger partial charge in [0, 0.05) is 16.3 Å². The molecule has 4 saturated carbocycles. The molecule has 0 unspecified atom stereocenters. The number of benzene rings is 1. The van der Waals surface area contributed by atoms with Crippen LogP contribution in [0.15, 0.2) is 27.7 Å². The van der Waals surface area contributed by atoms with Crippen LogP contribution in [0.2, 0.25) is 0 Å². The lowest BCUT2D eigenvalue weighted by atomic mass is 9.48. The number of ketones is 1. The molecule has 2 nitrogen and oxygen atoms in total. The Kier molecular flexibility index (Phi) is 3.81. The highest BCUT2D eigenvalue weighted by atomic mass is 79.9. The van der Waals surface area contributed by atoms with Crippen molar-refractivity contribution in [2.24, 2.45) is 28.2 Å². The number of hydrogen-bond donors (Lipinski definition) is 0. The van der Waals surface area contributed by atoms with E-state index < -0.39 is 0 Å². The summed E-state index contributed by atoms with van der Waals surface area (Å²) >= 11 is 3.60. The lowest BCUT2D eigenvalue weighted by Crippen LogP contribution is -2.50. The second-order valence-corrected chi connectivity index (χ2v) is 11.1. The Morgan fingerprint density at radius 3 is 2.35 bits per heavy atom. The van der Waals surface area contributed by atoms with Crippen molar-refractivity contribution in [1.82, 2.24) is 0 Å². The van der Waals surface area contributed by atoms with Crippen LogP contribution in [0.25, 0.3) is 0 Å². The third-order valence-corrected chi connectivity index (χ3v) is 7.89. The van der Waals surface area contributed by atoms with Gasteiger partial charge >= 0.3 is 0 Å². The molecule has 0 radical (unpaired) electrons. The quantitative estimate of drug-likeness (QED) is 0.619. The first-order valence-electron chi connectivity index (χ1n) is 10.2. The summed E-state index contributed by atoms with van der Waals surface area (Å²) in [6, 6.07) is 6.45. The van der Waals surface area contributed by atoms with Gasteiger partial charge < -0.3 is 0 Å². The van der Waals surface area contributed by atoms with Crippen LogP contribution in [0.1, 0.15) is 69.9 Å². The summed E-state index contributed by atoms with van der Waals surface area (Å²) in [6.07, 6.45) is 9.10. The largest absolute Gasteiger partial charge is 0.299 e. The molecule has 4 aliphatic carbocycles. The molecule has 1 aliphatic heterocycles. The van der Waals surface area contributed by atoms with Crippen molar-refractivity contribution < 1.29 is 4.79 Å². The second kappa shape index (κ2) is 5.77. The van der Waals surface area contributed by atoms with Crippen LogP contribution in [0, 0.1) is 23.2 Å². The molecule has 6 rings (SSSR count). The fourth-order valence-electron chi connectivity index (χ4n) is 6.85. The van der Waals surface area contributed by atoms with Gasteiger partial charge in [-0.2, -0.15) is 0 Å². The molecule has 1 heterocycles. The summed E-state index contributed by atoms with van der Waals surface area (Å²) in [5, 5.41) is 0. The summed E-state index contributed by atoms with van der Waals surface area (Å²) < 4.78 is 1.11. The minimum absolute atomic E-state index is 0.0195. The highest BCUT2D eigenvalue weighted by molar-refractivity contribution is 9.10. The lowest BCUT2D eigenvalue weighted by molar-refractivity contribution is -0.142. The van der Waals surface area contributed by atoms with Crippen molar-refractivity contribution in [2.45, 2.75) is 70.8 Å². The first kappa shape index (κ1) is 17.2. The second-order valence-electron chi connectivity index (χ2n) is 10.1. The van der Waals surface area contributed by atoms with Crippen LogP contribution in [0.3, 0.4) is 0 Å². The van der Waals surface area contributed by atoms with Crippen LogP contribution in [0.5, 0.6) is 0 Å². The van der Waals surface area contributed by atoms with E-state index in [1.807, 2.05) is 0 Å². The first-order chi connectivity index (χ1) is 12.3. The molecule has 1 aromatic carbocycles. The van der Waals surface area contributed by atoms with E-state index in [1.165, 1.54) is 30.4 Å². The normalized spacial score (nSPS) is 36.6. The topological polar surface area (TPSA) is 29.4 Å². The van der Waals surface area contributed by atoms with Gasteiger partial charge in [0.05, 0.1) is 11.3 Å². The maximum atomic E-state index is 13.6. The number of carbonyl (C=O) groups excluding carboxylic acids is 1. The Bertz CT molecular complexity index is 771. The van der Waals surface area contributed by atoms with Gasteiger partial charge in [-0.1, -0.05) is 22.0 Å². The fraction of sp³-hybridized carbons (Fsp3) is 0.652. The van der Waals surface area contributed by atoms with Crippen LogP contribution < -0.4 is 0 Å². The number of rotatable bonds is 3. The SMILES string of the molecule is CC1(C)Cc2cc(Br)ccc2C(CC(=O)C23CC4CC(CC(C4)C2)C3)=N1. The molecule has 26 heavy (non-hydrogen) atoms. The van der Waals surface area contributed by atoms with Crippen LogP contribution in [-0.2, 0) is 11.2 Å². The Morgan fingerprint density at radius 1 is 1.12 bits per heavy atom. The van der Waals surface area contributed by atoms with Gasteiger partial charge in [-0.05, 0) is 99.8 Å². The number of fused-ring (bicyclic) bond motifs is 1. The summed E-state index contributed by atoms with van der Waals surface area (Å²) in [5.41, 5.74) is 3.42. The van der Waals surface area contributed by atoms with E-state index >= 15 is 0 Å². The molecule has 4 bridgehead atoms. The van der Waals surface area contributed by atoms with Gasteiger partial charge in [0.25, 0.3) is 0 Å². The minimum atomic E-state index is -0.120. The maximum absolute atomic E-state index is 13.6. The van der Waals surface area contributed by atoms with Crippen molar-refractivity contribution in [3.8, 4) is 0 Å². The molecule has 0 saturated heterocycles. The van der Waals surface area contributed by atoms with Gasteiger partial charge in [0.15, 0.2) is 0 Å². The monoisotopic (exact) mass is 413 g/mol. The number of aliphatic imine (C=N–C) groups is 1. The Balaban J connectivity index is 1.45. The molecule has 0 N–H and O–H groups in total. The van der Waals surface area contributed by atoms with E-state index in [-0.39, 0.29) is 11.0 Å². The molecule has 0 amide bonds. The molecule has 4 fully saturated rings. The molecule has 0 aromatic heterocycles. The summed E-state index contributed by atoms with van der Waals surface area (Å²) in [5.74, 6) is 2.94. The zero-order valence-corrected chi connectivity index (χ0v) is 17.4. The molecule has 1 aromatic rings. The van der Waals surface area contributed by atoms with Gasteiger partial charge in [-0.15, -0.1) is 0 Å². The zero-order chi connectivity index (χ0) is 18.1. The molecular weight excluding hydrogens is 386 g/mol. The predicted molar refractivity (Wildman–Crippen MR) is 109 cm³/mol. The van der Waals surface area contributed by atoms with E-state index in [0.717, 1.165) is 53.6 Å². The van der Waals surface area contributed by atoms with Crippen molar-refractivity contribution in [1.29, 1.82) is 0 Å². The Labute approximate surface area is 165 Å². The number of nitrogens with zero attached hydrogens (tertiary/aromatic N) is 1. The molecule has 5 aliphatic rings. The van der Waals surface area contributed by atoms with Gasteiger partial charge in [0.2, 0.25) is 0 Å². The van der Waals surface area contributed by atoms with Crippen molar-refractivity contribution in [3.05, 3.63) is 33.8 Å². The van der Waals surface area contributed by atoms with Gasteiger partial charge in [-0.3, -0.25) is 9.79 Å². The van der Waals surface area contributed by atoms with E-state index in [2.05, 4.69) is 48.0 Å². The smallest absolute Gasteiger partial charge is 0.145 e. The van der Waals surface area contributed by atoms with Crippen LogP contribution in [0.4, 0.5) is 0 Å². The number of hydrogen-bond acceptors (Lipinski definition) is 2. The molecule has 3 heteroatoms. The molecular formula is C23H28BrNO. The third kappa shape index (κ3) is 2.82. The van der Waals surface area contributed by atoms with Crippen LogP contribution in [-0.4, -0.2) is 17.0 Å². The van der Waals surface area contributed by atoms with E-state index in [1.54, 1.807) is 0 Å². The van der Waals surface area contributed by atoms with Gasteiger partial charge in [0.1, 0.15) is 5.78 Å². The molecule has 138 valence electrons. The average Bonchev–Trinajstić information content (AvgIpc) is 2.51.